The lowest BCUT2D eigenvalue weighted by Gasteiger charge is -2.12. The molecule has 0 saturated heterocycles. The molecule has 1 amide bonds. The maximum absolute atomic E-state index is 12.9. The molecule has 4 rings (SSSR count). The molecular formula is C23H27N5O5. The second kappa shape index (κ2) is 10.4. The third kappa shape index (κ3) is 4.96. The molecule has 0 spiro atoms. The highest BCUT2D eigenvalue weighted by Gasteiger charge is 2.31. The molecule has 0 atom stereocenters. The number of hydrogen-bond acceptors (Lipinski definition) is 8. The maximum Gasteiger partial charge on any atom is 0.260 e. The van der Waals surface area contributed by atoms with E-state index in [4.69, 9.17) is 23.9 Å². The largest absolute Gasteiger partial charge is 0.491 e. The molecule has 10 heteroatoms. The minimum absolute atomic E-state index is 0.0770. The van der Waals surface area contributed by atoms with Gasteiger partial charge in [-0.25, -0.2) is 4.98 Å². The predicted molar refractivity (Wildman–Crippen MR) is 121 cm³/mol. The Balaban J connectivity index is 1.47. The topological polar surface area (TPSA) is 101 Å². The van der Waals surface area contributed by atoms with Gasteiger partial charge in [-0.3, -0.25) is 19.4 Å². The van der Waals surface area contributed by atoms with Gasteiger partial charge < -0.3 is 18.9 Å². The molecule has 0 fully saturated rings. The summed E-state index contributed by atoms with van der Waals surface area (Å²) in [7, 11) is 3.19. The summed E-state index contributed by atoms with van der Waals surface area (Å²) in [6.07, 6.45) is 5.24. The Hall–Kier alpha value is -3.50. The molecule has 0 N–H and O–H groups in total. The van der Waals surface area contributed by atoms with Crippen molar-refractivity contribution in [1.29, 1.82) is 0 Å². The number of aryl methyl sites for hydroxylation is 1. The zero-order chi connectivity index (χ0) is 23.2. The summed E-state index contributed by atoms with van der Waals surface area (Å²) in [5.41, 5.74) is 3.54. The lowest BCUT2D eigenvalue weighted by molar-refractivity contribution is 0.0532. The molecule has 3 aromatic heterocycles. The van der Waals surface area contributed by atoms with Crippen LogP contribution in [0.15, 0.2) is 36.8 Å². The molecule has 10 nitrogen and oxygen atoms in total. The highest BCUT2D eigenvalue weighted by molar-refractivity contribution is 6.09. The predicted octanol–water partition coefficient (Wildman–Crippen LogP) is 2.57. The number of ether oxygens (including phenoxy) is 4. The van der Waals surface area contributed by atoms with Gasteiger partial charge in [0.1, 0.15) is 6.61 Å². The lowest BCUT2D eigenvalue weighted by Crippen LogP contribution is -2.22. The first-order valence-electron chi connectivity index (χ1n) is 10.7. The van der Waals surface area contributed by atoms with Crippen LogP contribution >= 0.6 is 0 Å². The summed E-state index contributed by atoms with van der Waals surface area (Å²) in [5, 5.41) is 4.26. The van der Waals surface area contributed by atoms with Crippen LogP contribution in [0.3, 0.4) is 0 Å². The molecular weight excluding hydrogens is 426 g/mol. The molecule has 1 aliphatic rings. The van der Waals surface area contributed by atoms with Crippen LogP contribution in [-0.2, 0) is 22.6 Å². The van der Waals surface area contributed by atoms with E-state index in [9.17, 15) is 4.79 Å². The molecule has 174 valence electrons. The van der Waals surface area contributed by atoms with Crippen LogP contribution in [0.1, 0.15) is 23.0 Å². The minimum atomic E-state index is -0.0770. The van der Waals surface area contributed by atoms with Gasteiger partial charge in [-0.15, -0.1) is 0 Å². The van der Waals surface area contributed by atoms with Crippen LogP contribution in [0.5, 0.6) is 11.6 Å². The molecule has 0 aliphatic carbocycles. The normalized spacial score (nSPS) is 12.8. The summed E-state index contributed by atoms with van der Waals surface area (Å²) < 4.78 is 23.3. The van der Waals surface area contributed by atoms with Gasteiger partial charge in [-0.05, 0) is 25.1 Å². The van der Waals surface area contributed by atoms with E-state index < -0.39 is 0 Å². The first-order chi connectivity index (χ1) is 16.1. The number of pyridine rings is 2. The Labute approximate surface area is 192 Å². The van der Waals surface area contributed by atoms with Gasteiger partial charge in [0, 0.05) is 31.6 Å². The van der Waals surface area contributed by atoms with E-state index in [2.05, 4.69) is 10.1 Å². The van der Waals surface area contributed by atoms with Crippen molar-refractivity contribution in [2.75, 3.05) is 45.5 Å². The molecule has 0 aromatic carbocycles. The van der Waals surface area contributed by atoms with E-state index in [-0.39, 0.29) is 5.91 Å². The Morgan fingerprint density at radius 1 is 1.09 bits per heavy atom. The number of aromatic nitrogens is 4. The fourth-order valence-corrected chi connectivity index (χ4v) is 3.49. The fourth-order valence-electron chi connectivity index (χ4n) is 3.49. The number of methoxy groups -OCH3 is 2. The van der Waals surface area contributed by atoms with Crippen molar-refractivity contribution in [3.8, 4) is 22.9 Å². The van der Waals surface area contributed by atoms with E-state index >= 15 is 0 Å². The fraction of sp³-hybridized carbons (Fsp3) is 0.391. The number of carbonyl (C=O) groups is 1. The number of amides is 1. The van der Waals surface area contributed by atoms with Crippen LogP contribution in [0.4, 0.5) is 5.69 Å². The molecule has 4 heterocycles. The van der Waals surface area contributed by atoms with Gasteiger partial charge in [-0.2, -0.15) is 5.10 Å². The zero-order valence-corrected chi connectivity index (χ0v) is 19.0. The molecule has 0 saturated carbocycles. The Morgan fingerprint density at radius 3 is 2.70 bits per heavy atom. The lowest BCUT2D eigenvalue weighted by atomic mass is 10.1. The minimum Gasteiger partial charge on any atom is -0.491 e. The van der Waals surface area contributed by atoms with Gasteiger partial charge >= 0.3 is 0 Å². The van der Waals surface area contributed by atoms with Crippen molar-refractivity contribution in [2.45, 2.75) is 20.0 Å². The second-order valence-corrected chi connectivity index (χ2v) is 7.32. The zero-order valence-electron chi connectivity index (χ0n) is 19.0. The number of fused-ring (bicyclic) bond motifs is 1. The van der Waals surface area contributed by atoms with Crippen LogP contribution in [0, 0.1) is 0 Å². The summed E-state index contributed by atoms with van der Waals surface area (Å²) in [4.78, 5) is 23.7. The molecule has 0 radical (unpaired) electrons. The Kier molecular flexibility index (Phi) is 7.16. The summed E-state index contributed by atoms with van der Waals surface area (Å²) >= 11 is 0. The third-order valence-corrected chi connectivity index (χ3v) is 5.25. The van der Waals surface area contributed by atoms with Crippen molar-refractivity contribution >= 4 is 11.6 Å². The van der Waals surface area contributed by atoms with Crippen molar-refractivity contribution < 1.29 is 23.7 Å². The number of rotatable bonds is 11. The van der Waals surface area contributed by atoms with Crippen molar-refractivity contribution in [2.24, 2.45) is 0 Å². The van der Waals surface area contributed by atoms with Crippen molar-refractivity contribution in [3.63, 3.8) is 0 Å². The highest BCUT2D eigenvalue weighted by Crippen LogP contribution is 2.32. The molecule has 0 bridgehead atoms. The standard InChI is InChI=1S/C23H27N5O5/c1-4-27-14-17(13-25-27)28-15-20-18(23(28)29)5-6-19(26-20)16-11-21(31-3)22(24-12-16)33-10-9-32-8-7-30-2/h5-6,11-14H,4,7-10,15H2,1-3H3. The molecule has 33 heavy (non-hydrogen) atoms. The average Bonchev–Trinajstić information content (AvgIpc) is 3.45. The quantitative estimate of drug-likeness (QED) is 0.409. The van der Waals surface area contributed by atoms with Gasteiger partial charge in [0.25, 0.3) is 11.8 Å². The second-order valence-electron chi connectivity index (χ2n) is 7.32. The summed E-state index contributed by atoms with van der Waals surface area (Å²) in [6.45, 7) is 4.95. The number of nitrogens with zero attached hydrogens (tertiary/aromatic N) is 5. The summed E-state index contributed by atoms with van der Waals surface area (Å²) in [5.74, 6) is 0.801. The first-order valence-corrected chi connectivity index (χ1v) is 10.7. The van der Waals surface area contributed by atoms with Crippen LogP contribution in [-0.4, -0.2) is 66.3 Å². The maximum atomic E-state index is 12.9. The molecule has 1 aliphatic heterocycles. The highest BCUT2D eigenvalue weighted by atomic mass is 16.6. The molecule has 3 aromatic rings. The van der Waals surface area contributed by atoms with Gasteiger partial charge in [-0.1, -0.05) is 0 Å². The number of hydrogen-bond donors (Lipinski definition) is 0. The number of anilines is 1. The van der Waals surface area contributed by atoms with E-state index in [1.165, 1.54) is 0 Å². The monoisotopic (exact) mass is 453 g/mol. The Morgan fingerprint density at radius 2 is 1.94 bits per heavy atom. The van der Waals surface area contributed by atoms with E-state index in [1.807, 2.05) is 25.3 Å². The van der Waals surface area contributed by atoms with Crippen LogP contribution < -0.4 is 14.4 Å². The van der Waals surface area contributed by atoms with Crippen LogP contribution in [0.25, 0.3) is 11.3 Å². The Bertz CT molecular complexity index is 1120. The number of carbonyl (C=O) groups excluding carboxylic acids is 1. The van der Waals surface area contributed by atoms with Gasteiger partial charge in [0.05, 0.1) is 62.3 Å². The smallest absolute Gasteiger partial charge is 0.260 e. The van der Waals surface area contributed by atoms with Crippen LogP contribution in [0.2, 0.25) is 0 Å². The van der Waals surface area contributed by atoms with Crippen molar-refractivity contribution in [3.05, 3.63) is 48.0 Å². The summed E-state index contributed by atoms with van der Waals surface area (Å²) in [6, 6.07) is 5.44. The average molecular weight is 453 g/mol. The third-order valence-electron chi connectivity index (χ3n) is 5.25. The SMILES string of the molecule is CCn1cc(N2Cc3nc(-c4cnc(OCCOCCOC)c(OC)c4)ccc3C2=O)cn1. The van der Waals surface area contributed by atoms with Crippen molar-refractivity contribution in [1.82, 2.24) is 19.7 Å². The van der Waals surface area contributed by atoms with Gasteiger partial charge in [0.2, 0.25) is 0 Å². The van der Waals surface area contributed by atoms with E-state index in [0.29, 0.717) is 61.6 Å². The van der Waals surface area contributed by atoms with E-state index in [0.717, 1.165) is 17.8 Å². The molecule has 0 unspecified atom stereocenters. The van der Waals surface area contributed by atoms with Gasteiger partial charge in [0.15, 0.2) is 5.75 Å². The first kappa shape index (κ1) is 22.7. The van der Waals surface area contributed by atoms with E-state index in [1.54, 1.807) is 42.3 Å².